The standard InChI is InChI=1S/C24H19FN2O4/c1-15(17-7-9-18(10-8-17)24(29)30-2)27-23(28)21-12-16(14-26)6-11-22(21)31-20-5-3-4-19(25)13-20/h3-13,15H,1-2H3,(H,27,28)/t15-/m0/s1. The zero-order valence-corrected chi connectivity index (χ0v) is 16.9. The molecular formula is C24H19FN2O4. The number of hydrogen-bond donors (Lipinski definition) is 1. The fourth-order valence-corrected chi connectivity index (χ4v) is 2.91. The Bertz CT molecular complexity index is 1150. The van der Waals surface area contributed by atoms with E-state index in [0.29, 0.717) is 5.56 Å². The van der Waals surface area contributed by atoms with Gasteiger partial charge in [-0.05, 0) is 55.0 Å². The molecule has 0 fully saturated rings. The molecule has 6 nitrogen and oxygen atoms in total. The number of nitriles is 1. The first kappa shape index (κ1) is 21.5. The zero-order valence-electron chi connectivity index (χ0n) is 16.9. The van der Waals surface area contributed by atoms with Crippen LogP contribution in [0.15, 0.2) is 66.7 Å². The Morgan fingerprint density at radius 1 is 1.06 bits per heavy atom. The molecule has 3 aromatic carbocycles. The molecule has 0 aliphatic carbocycles. The molecule has 0 heterocycles. The lowest BCUT2D eigenvalue weighted by Gasteiger charge is -2.17. The largest absolute Gasteiger partial charge is 0.465 e. The molecule has 3 rings (SSSR count). The maximum atomic E-state index is 13.5. The average molecular weight is 418 g/mol. The molecule has 1 N–H and O–H groups in total. The van der Waals surface area contributed by atoms with Crippen molar-refractivity contribution >= 4 is 11.9 Å². The van der Waals surface area contributed by atoms with Gasteiger partial charge in [-0.3, -0.25) is 4.79 Å². The minimum atomic E-state index is -0.471. The fraction of sp³-hybridized carbons (Fsp3) is 0.125. The molecular weight excluding hydrogens is 399 g/mol. The molecule has 0 aliphatic heterocycles. The summed E-state index contributed by atoms with van der Waals surface area (Å²) < 4.78 is 23.8. The molecule has 31 heavy (non-hydrogen) atoms. The minimum absolute atomic E-state index is 0.140. The van der Waals surface area contributed by atoms with Gasteiger partial charge in [0, 0.05) is 6.07 Å². The van der Waals surface area contributed by atoms with E-state index in [9.17, 15) is 19.2 Å². The number of methoxy groups -OCH3 is 1. The number of rotatable bonds is 6. The Balaban J connectivity index is 1.82. The highest BCUT2D eigenvalue weighted by atomic mass is 19.1. The summed E-state index contributed by atoms with van der Waals surface area (Å²) >= 11 is 0. The van der Waals surface area contributed by atoms with Gasteiger partial charge in [0.1, 0.15) is 17.3 Å². The van der Waals surface area contributed by atoms with Crippen molar-refractivity contribution in [1.82, 2.24) is 5.32 Å². The Kier molecular flexibility index (Phi) is 6.63. The van der Waals surface area contributed by atoms with Crippen LogP contribution in [0.4, 0.5) is 4.39 Å². The molecule has 0 saturated heterocycles. The Hall–Kier alpha value is -4.18. The quantitative estimate of drug-likeness (QED) is 0.583. The van der Waals surface area contributed by atoms with Gasteiger partial charge in [-0.25, -0.2) is 9.18 Å². The molecule has 3 aromatic rings. The van der Waals surface area contributed by atoms with Gasteiger partial charge < -0.3 is 14.8 Å². The van der Waals surface area contributed by atoms with E-state index in [1.54, 1.807) is 37.3 Å². The van der Waals surface area contributed by atoms with Crippen molar-refractivity contribution in [3.8, 4) is 17.6 Å². The Labute approximate surface area is 178 Å². The average Bonchev–Trinajstić information content (AvgIpc) is 2.78. The number of ether oxygens (including phenoxy) is 2. The van der Waals surface area contributed by atoms with Crippen LogP contribution in [-0.4, -0.2) is 19.0 Å². The second-order valence-electron chi connectivity index (χ2n) is 6.69. The predicted octanol–water partition coefficient (Wildman–Crippen LogP) is 4.77. The van der Waals surface area contributed by atoms with E-state index in [2.05, 4.69) is 10.1 Å². The first-order valence-electron chi connectivity index (χ1n) is 9.38. The number of carbonyl (C=O) groups excluding carboxylic acids is 2. The van der Waals surface area contributed by atoms with E-state index in [-0.39, 0.29) is 22.6 Å². The van der Waals surface area contributed by atoms with Gasteiger partial charge in [0.15, 0.2) is 0 Å². The van der Waals surface area contributed by atoms with Crippen LogP contribution in [0.3, 0.4) is 0 Å². The number of halogens is 1. The van der Waals surface area contributed by atoms with Gasteiger partial charge in [-0.2, -0.15) is 5.26 Å². The molecule has 0 saturated carbocycles. The zero-order chi connectivity index (χ0) is 22.4. The molecule has 0 unspecified atom stereocenters. The summed E-state index contributed by atoms with van der Waals surface area (Å²) in [4.78, 5) is 24.5. The highest BCUT2D eigenvalue weighted by molar-refractivity contribution is 5.97. The number of benzene rings is 3. The van der Waals surface area contributed by atoms with Crippen molar-refractivity contribution in [2.24, 2.45) is 0 Å². The number of nitrogens with zero attached hydrogens (tertiary/aromatic N) is 1. The number of amides is 1. The maximum Gasteiger partial charge on any atom is 0.337 e. The maximum absolute atomic E-state index is 13.5. The molecule has 156 valence electrons. The van der Waals surface area contributed by atoms with Crippen LogP contribution in [0.1, 0.15) is 44.8 Å². The smallest absolute Gasteiger partial charge is 0.337 e. The summed E-state index contributed by atoms with van der Waals surface area (Å²) in [5.74, 6) is -0.967. The lowest BCUT2D eigenvalue weighted by atomic mass is 10.0. The van der Waals surface area contributed by atoms with Crippen LogP contribution in [0.5, 0.6) is 11.5 Å². The van der Waals surface area contributed by atoms with Crippen molar-refractivity contribution in [3.05, 3.63) is 94.8 Å². The number of hydrogen-bond acceptors (Lipinski definition) is 5. The molecule has 1 atom stereocenters. The first-order valence-corrected chi connectivity index (χ1v) is 9.38. The topological polar surface area (TPSA) is 88.4 Å². The second kappa shape index (κ2) is 9.55. The highest BCUT2D eigenvalue weighted by Gasteiger charge is 2.18. The van der Waals surface area contributed by atoms with Crippen molar-refractivity contribution in [2.45, 2.75) is 13.0 Å². The molecule has 7 heteroatoms. The summed E-state index contributed by atoms with van der Waals surface area (Å²) in [6.45, 7) is 1.78. The minimum Gasteiger partial charge on any atom is -0.465 e. The highest BCUT2D eigenvalue weighted by Crippen LogP contribution is 2.27. The summed E-state index contributed by atoms with van der Waals surface area (Å²) in [5.41, 5.74) is 1.59. The lowest BCUT2D eigenvalue weighted by molar-refractivity contribution is 0.0600. The predicted molar refractivity (Wildman–Crippen MR) is 111 cm³/mol. The van der Waals surface area contributed by atoms with E-state index in [1.807, 2.05) is 6.07 Å². The molecule has 0 radical (unpaired) electrons. The van der Waals surface area contributed by atoms with Crippen LogP contribution in [-0.2, 0) is 4.74 Å². The molecule has 1 amide bonds. The van der Waals surface area contributed by atoms with Crippen LogP contribution in [0.25, 0.3) is 0 Å². The van der Waals surface area contributed by atoms with Crippen LogP contribution in [0, 0.1) is 17.1 Å². The van der Waals surface area contributed by atoms with Crippen molar-refractivity contribution in [2.75, 3.05) is 7.11 Å². The van der Waals surface area contributed by atoms with Crippen molar-refractivity contribution in [1.29, 1.82) is 5.26 Å². The van der Waals surface area contributed by atoms with Crippen molar-refractivity contribution < 1.29 is 23.5 Å². The van der Waals surface area contributed by atoms with Crippen molar-refractivity contribution in [3.63, 3.8) is 0 Å². The summed E-state index contributed by atoms with van der Waals surface area (Å²) in [6, 6.07) is 18.2. The van der Waals surface area contributed by atoms with E-state index in [1.165, 1.54) is 43.5 Å². The van der Waals surface area contributed by atoms with E-state index >= 15 is 0 Å². The monoisotopic (exact) mass is 418 g/mol. The van der Waals surface area contributed by atoms with Gasteiger partial charge in [0.2, 0.25) is 0 Å². The first-order chi connectivity index (χ1) is 14.9. The summed E-state index contributed by atoms with van der Waals surface area (Å²) in [5, 5.41) is 12.0. The second-order valence-corrected chi connectivity index (χ2v) is 6.69. The molecule has 0 aromatic heterocycles. The van der Waals surface area contributed by atoms with E-state index in [0.717, 1.165) is 5.56 Å². The molecule has 0 spiro atoms. The van der Waals surface area contributed by atoms with Crippen LogP contribution < -0.4 is 10.1 Å². The number of esters is 1. The molecule has 0 bridgehead atoms. The van der Waals surface area contributed by atoms with Crippen LogP contribution in [0.2, 0.25) is 0 Å². The van der Waals surface area contributed by atoms with Gasteiger partial charge in [-0.1, -0.05) is 18.2 Å². The van der Waals surface area contributed by atoms with E-state index in [4.69, 9.17) is 4.74 Å². The number of nitrogens with one attached hydrogen (secondary N) is 1. The Morgan fingerprint density at radius 3 is 2.45 bits per heavy atom. The number of carbonyl (C=O) groups is 2. The summed E-state index contributed by atoms with van der Waals surface area (Å²) in [6.07, 6.45) is 0. The summed E-state index contributed by atoms with van der Waals surface area (Å²) in [7, 11) is 1.30. The third kappa shape index (κ3) is 5.25. The van der Waals surface area contributed by atoms with Crippen LogP contribution >= 0.6 is 0 Å². The third-order valence-corrected chi connectivity index (χ3v) is 4.56. The molecule has 0 aliphatic rings. The van der Waals surface area contributed by atoms with Gasteiger partial charge >= 0.3 is 5.97 Å². The van der Waals surface area contributed by atoms with Gasteiger partial charge in [0.25, 0.3) is 5.91 Å². The van der Waals surface area contributed by atoms with Gasteiger partial charge in [0.05, 0.1) is 35.9 Å². The lowest BCUT2D eigenvalue weighted by Crippen LogP contribution is -2.27. The van der Waals surface area contributed by atoms with E-state index < -0.39 is 23.7 Å². The SMILES string of the molecule is COC(=O)c1ccc([C@H](C)NC(=O)c2cc(C#N)ccc2Oc2cccc(F)c2)cc1. The fourth-order valence-electron chi connectivity index (χ4n) is 2.91. The Morgan fingerprint density at radius 2 is 1.81 bits per heavy atom. The normalized spacial score (nSPS) is 11.2. The third-order valence-electron chi connectivity index (χ3n) is 4.56. The van der Waals surface area contributed by atoms with Gasteiger partial charge in [-0.15, -0.1) is 0 Å².